The quantitative estimate of drug-likeness (QED) is 0.407. The lowest BCUT2D eigenvalue weighted by atomic mass is 10.3. The first-order chi connectivity index (χ1) is 8.97. The van der Waals surface area contributed by atoms with E-state index in [4.69, 9.17) is 9.47 Å². The van der Waals surface area contributed by atoms with Crippen LogP contribution in [0.3, 0.4) is 0 Å². The fraction of sp³-hybridized carbons (Fsp3) is 0.455. The van der Waals surface area contributed by atoms with E-state index < -0.39 is 20.7 Å². The highest BCUT2D eigenvalue weighted by Crippen LogP contribution is 2.16. The smallest absolute Gasteiger partial charge is 0.269 e. The van der Waals surface area contributed by atoms with Crippen LogP contribution in [-0.2, 0) is 19.3 Å². The molecule has 0 unspecified atom stereocenters. The number of non-ortho nitro benzene ring substituents is 1. The van der Waals surface area contributed by atoms with Crippen molar-refractivity contribution in [1.82, 2.24) is 0 Å². The van der Waals surface area contributed by atoms with E-state index in [1.807, 2.05) is 6.92 Å². The fourth-order valence-corrected chi connectivity index (χ4v) is 2.30. The molecule has 1 aromatic rings. The number of nitro benzene ring substituents is 1. The summed E-state index contributed by atoms with van der Waals surface area (Å²) in [6.45, 7) is 2.87. The van der Waals surface area contributed by atoms with Gasteiger partial charge in [0.25, 0.3) is 5.69 Å². The Morgan fingerprint density at radius 2 is 1.74 bits per heavy atom. The minimum atomic E-state index is -3.59. The number of benzene rings is 1. The van der Waals surface area contributed by atoms with E-state index in [0.717, 1.165) is 12.1 Å². The maximum Gasteiger partial charge on any atom is 0.269 e. The second-order valence-electron chi connectivity index (χ2n) is 3.59. The molecule has 0 fully saturated rings. The Bertz CT molecular complexity index is 510. The number of nitro groups is 1. The van der Waals surface area contributed by atoms with E-state index in [2.05, 4.69) is 0 Å². The first kappa shape index (κ1) is 15.5. The summed E-state index contributed by atoms with van der Waals surface area (Å²) >= 11 is 0. The van der Waals surface area contributed by atoms with Gasteiger partial charge in [-0.3, -0.25) is 10.1 Å². The average Bonchev–Trinajstić information content (AvgIpc) is 2.38. The van der Waals surface area contributed by atoms with Crippen LogP contribution in [0, 0.1) is 10.1 Å². The lowest BCUT2D eigenvalue weighted by Crippen LogP contribution is -2.13. The molecule has 0 heterocycles. The predicted molar refractivity (Wildman–Crippen MR) is 67.6 cm³/mol. The number of sulfone groups is 1. The minimum Gasteiger partial charge on any atom is -0.379 e. The van der Waals surface area contributed by atoms with Gasteiger partial charge in [-0.05, 0) is 19.1 Å². The highest BCUT2D eigenvalue weighted by Gasteiger charge is 2.16. The zero-order valence-electron chi connectivity index (χ0n) is 10.4. The summed E-state index contributed by atoms with van der Waals surface area (Å²) in [6, 6.07) is 4.68. The van der Waals surface area contributed by atoms with Gasteiger partial charge in [0.05, 0.1) is 23.0 Å². The van der Waals surface area contributed by atoms with Crippen LogP contribution in [0.15, 0.2) is 29.2 Å². The van der Waals surface area contributed by atoms with Crippen molar-refractivity contribution in [3.05, 3.63) is 34.4 Å². The topological polar surface area (TPSA) is 95.7 Å². The summed E-state index contributed by atoms with van der Waals surface area (Å²) in [6.07, 6.45) is 0. The van der Waals surface area contributed by atoms with Crippen molar-refractivity contribution in [1.29, 1.82) is 0 Å². The van der Waals surface area contributed by atoms with E-state index in [9.17, 15) is 18.5 Å². The highest BCUT2D eigenvalue weighted by atomic mass is 32.2. The Balaban J connectivity index is 2.59. The Hall–Kier alpha value is -1.51. The predicted octanol–water partition coefficient (Wildman–Crippen LogP) is 1.38. The zero-order valence-corrected chi connectivity index (χ0v) is 11.3. The number of hydrogen-bond acceptors (Lipinski definition) is 6. The van der Waals surface area contributed by atoms with Gasteiger partial charge in [0.2, 0.25) is 9.84 Å². The summed E-state index contributed by atoms with van der Waals surface area (Å²) in [5.41, 5.74) is -0.156. The third kappa shape index (κ3) is 4.93. The maximum absolute atomic E-state index is 11.8. The van der Waals surface area contributed by atoms with Gasteiger partial charge in [-0.1, -0.05) is 0 Å². The maximum atomic E-state index is 11.8. The zero-order chi connectivity index (χ0) is 14.3. The van der Waals surface area contributed by atoms with Crippen LogP contribution in [0.1, 0.15) is 6.92 Å². The van der Waals surface area contributed by atoms with E-state index >= 15 is 0 Å². The number of rotatable bonds is 8. The van der Waals surface area contributed by atoms with Crippen LogP contribution in [0.25, 0.3) is 0 Å². The summed E-state index contributed by atoms with van der Waals surface area (Å²) in [7, 11) is -3.59. The van der Waals surface area contributed by atoms with Crippen LogP contribution < -0.4 is 0 Å². The first-order valence-corrected chi connectivity index (χ1v) is 7.25. The lowest BCUT2D eigenvalue weighted by molar-refractivity contribution is -0.384. The average molecular weight is 289 g/mol. The van der Waals surface area contributed by atoms with Crippen molar-refractivity contribution in [3.63, 3.8) is 0 Å². The molecule has 0 aliphatic heterocycles. The van der Waals surface area contributed by atoms with Gasteiger partial charge in [0.15, 0.2) is 5.94 Å². The van der Waals surface area contributed by atoms with Crippen LogP contribution in [-0.4, -0.2) is 39.1 Å². The molecule has 0 spiro atoms. The molecule has 0 aromatic heterocycles. The van der Waals surface area contributed by atoms with Gasteiger partial charge in [-0.2, -0.15) is 0 Å². The van der Waals surface area contributed by atoms with Crippen molar-refractivity contribution in [2.75, 3.05) is 25.8 Å². The molecule has 0 aliphatic rings. The largest absolute Gasteiger partial charge is 0.379 e. The Morgan fingerprint density at radius 3 is 2.26 bits per heavy atom. The van der Waals surface area contributed by atoms with Gasteiger partial charge in [-0.15, -0.1) is 0 Å². The molecule has 8 heteroatoms. The third-order valence-corrected chi connectivity index (χ3v) is 3.69. The molecule has 1 rings (SSSR count). The van der Waals surface area contributed by atoms with Crippen molar-refractivity contribution in [3.8, 4) is 0 Å². The van der Waals surface area contributed by atoms with Gasteiger partial charge >= 0.3 is 0 Å². The van der Waals surface area contributed by atoms with Crippen LogP contribution in [0.5, 0.6) is 0 Å². The molecule has 0 aliphatic carbocycles. The Labute approximate surface area is 111 Å². The Kier molecular flexibility index (Phi) is 5.87. The summed E-state index contributed by atoms with van der Waals surface area (Å²) in [4.78, 5) is 9.86. The van der Waals surface area contributed by atoms with Crippen LogP contribution in [0.2, 0.25) is 0 Å². The molecule has 1 aromatic carbocycles. The molecule has 0 atom stereocenters. The van der Waals surface area contributed by atoms with E-state index in [-0.39, 0.29) is 17.2 Å². The summed E-state index contributed by atoms with van der Waals surface area (Å²) < 4.78 is 33.6. The second kappa shape index (κ2) is 7.17. The Morgan fingerprint density at radius 1 is 1.16 bits per heavy atom. The molecule has 19 heavy (non-hydrogen) atoms. The van der Waals surface area contributed by atoms with E-state index in [1.165, 1.54) is 12.1 Å². The molecular weight excluding hydrogens is 274 g/mol. The molecule has 0 saturated heterocycles. The monoisotopic (exact) mass is 289 g/mol. The normalized spacial score (nSPS) is 11.4. The molecule has 0 bridgehead atoms. The first-order valence-electron chi connectivity index (χ1n) is 5.60. The van der Waals surface area contributed by atoms with Crippen molar-refractivity contribution in [2.24, 2.45) is 0 Å². The molecule has 7 nitrogen and oxygen atoms in total. The molecule has 106 valence electrons. The fourth-order valence-electron chi connectivity index (χ4n) is 1.27. The number of hydrogen-bond donors (Lipinski definition) is 0. The van der Waals surface area contributed by atoms with Crippen LogP contribution in [0.4, 0.5) is 5.69 Å². The van der Waals surface area contributed by atoms with Crippen molar-refractivity contribution >= 4 is 15.5 Å². The number of ether oxygens (including phenoxy) is 2. The molecule has 0 amide bonds. The summed E-state index contributed by atoms with van der Waals surface area (Å²) in [5.74, 6) is -0.474. The van der Waals surface area contributed by atoms with E-state index in [1.54, 1.807) is 0 Å². The molecule has 0 saturated carbocycles. The summed E-state index contributed by atoms with van der Waals surface area (Å²) in [5, 5.41) is 10.5. The van der Waals surface area contributed by atoms with Crippen LogP contribution >= 0.6 is 0 Å². The number of nitrogens with zero attached hydrogens (tertiary/aromatic N) is 1. The SMILES string of the molecule is CCOCCOCS(=O)(=O)c1ccc([N+](=O)[O-])cc1. The molecular formula is C11H15NO6S. The highest BCUT2D eigenvalue weighted by molar-refractivity contribution is 7.91. The van der Waals surface area contributed by atoms with Gasteiger partial charge in [0, 0.05) is 18.7 Å². The van der Waals surface area contributed by atoms with Crippen molar-refractivity contribution in [2.45, 2.75) is 11.8 Å². The standard InChI is InChI=1S/C11H15NO6S/c1-2-17-7-8-18-9-19(15,16)11-5-3-10(4-6-11)12(13)14/h3-6H,2,7-9H2,1H3. The van der Waals surface area contributed by atoms with Gasteiger partial charge in [-0.25, -0.2) is 8.42 Å². The molecule has 0 radical (unpaired) electrons. The van der Waals surface area contributed by atoms with Gasteiger partial charge < -0.3 is 9.47 Å². The molecule has 0 N–H and O–H groups in total. The van der Waals surface area contributed by atoms with Gasteiger partial charge in [0.1, 0.15) is 0 Å². The van der Waals surface area contributed by atoms with E-state index in [0.29, 0.717) is 13.2 Å². The second-order valence-corrected chi connectivity index (χ2v) is 5.53. The third-order valence-electron chi connectivity index (χ3n) is 2.22. The van der Waals surface area contributed by atoms with Crippen molar-refractivity contribution < 1.29 is 22.8 Å². The lowest BCUT2D eigenvalue weighted by Gasteiger charge is -2.06. The minimum absolute atomic E-state index is 0.00508.